The van der Waals surface area contributed by atoms with E-state index < -0.39 is 0 Å². The zero-order valence-electron chi connectivity index (χ0n) is 9.72. The summed E-state index contributed by atoms with van der Waals surface area (Å²) in [5, 5.41) is 8.74. The van der Waals surface area contributed by atoms with Crippen LogP contribution in [0.3, 0.4) is 0 Å². The fourth-order valence-corrected chi connectivity index (χ4v) is 1.93. The molecule has 16 heavy (non-hydrogen) atoms. The molecule has 3 nitrogen and oxygen atoms in total. The molecule has 0 saturated carbocycles. The Bertz CT molecular complexity index is 317. The topological polar surface area (TPSA) is 32.7 Å². The fraction of sp³-hybridized carbons (Fsp3) is 0.538. The lowest BCUT2D eigenvalue weighted by Crippen LogP contribution is -2.51. The van der Waals surface area contributed by atoms with E-state index in [-0.39, 0.29) is 6.61 Å². The zero-order chi connectivity index (χ0) is 11.4. The second-order valence-corrected chi connectivity index (χ2v) is 4.43. The van der Waals surface area contributed by atoms with Crippen LogP contribution in [0.25, 0.3) is 0 Å². The van der Waals surface area contributed by atoms with Crippen molar-refractivity contribution in [1.29, 1.82) is 0 Å². The molecule has 3 heteroatoms. The number of ether oxygens (including phenoxy) is 1. The molecule has 1 aliphatic heterocycles. The molecule has 0 amide bonds. The van der Waals surface area contributed by atoms with Crippen molar-refractivity contribution in [1.82, 2.24) is 4.90 Å². The maximum atomic E-state index is 8.74. The molecular weight excluding hydrogens is 202 g/mol. The highest BCUT2D eigenvalue weighted by atomic mass is 16.5. The predicted octanol–water partition coefficient (Wildman–Crippen LogP) is 1.30. The van der Waals surface area contributed by atoms with Gasteiger partial charge >= 0.3 is 0 Å². The van der Waals surface area contributed by atoms with Crippen LogP contribution in [-0.4, -0.2) is 42.9 Å². The first-order chi connectivity index (χ1) is 7.78. The van der Waals surface area contributed by atoms with E-state index in [2.05, 4.69) is 24.1 Å². The van der Waals surface area contributed by atoms with Crippen LogP contribution in [0.5, 0.6) is 5.75 Å². The highest BCUT2D eigenvalue weighted by Crippen LogP contribution is 2.18. The zero-order valence-corrected chi connectivity index (χ0v) is 9.72. The minimum atomic E-state index is 0.257. The number of hydrogen-bond acceptors (Lipinski definition) is 3. The van der Waals surface area contributed by atoms with Gasteiger partial charge in [-0.15, -0.1) is 0 Å². The Hall–Kier alpha value is -1.06. The average Bonchev–Trinajstić information content (AvgIpc) is 2.26. The van der Waals surface area contributed by atoms with Crippen molar-refractivity contribution < 1.29 is 9.84 Å². The average molecular weight is 221 g/mol. The molecule has 1 N–H and O–H groups in total. The molecule has 0 atom stereocenters. The molecule has 2 rings (SSSR count). The summed E-state index contributed by atoms with van der Waals surface area (Å²) in [6, 6.07) is 8.19. The van der Waals surface area contributed by atoms with E-state index in [1.807, 2.05) is 12.1 Å². The van der Waals surface area contributed by atoms with E-state index in [0.717, 1.165) is 31.7 Å². The van der Waals surface area contributed by atoms with E-state index in [9.17, 15) is 0 Å². The molecule has 0 radical (unpaired) electrons. The Morgan fingerprint density at radius 3 is 2.56 bits per heavy atom. The van der Waals surface area contributed by atoms with Gasteiger partial charge in [0, 0.05) is 19.7 Å². The Morgan fingerprint density at radius 2 is 2.00 bits per heavy atom. The van der Waals surface area contributed by atoms with Gasteiger partial charge in [0.2, 0.25) is 0 Å². The Morgan fingerprint density at radius 1 is 1.31 bits per heavy atom. The van der Waals surface area contributed by atoms with Crippen molar-refractivity contribution in [2.45, 2.75) is 18.9 Å². The number of benzene rings is 1. The standard InChI is InChI=1S/C13H19NO2/c1-14-9-13(10-14)16-12-6-4-11(5-7-12)3-2-8-15/h4-7,13,15H,2-3,8-10H2,1H3. The summed E-state index contributed by atoms with van der Waals surface area (Å²) in [5.41, 5.74) is 1.26. The Labute approximate surface area is 96.6 Å². The van der Waals surface area contributed by atoms with Gasteiger partial charge in [-0.25, -0.2) is 0 Å². The Balaban J connectivity index is 1.82. The maximum absolute atomic E-state index is 8.74. The monoisotopic (exact) mass is 221 g/mol. The quantitative estimate of drug-likeness (QED) is 0.813. The third kappa shape index (κ3) is 2.97. The SMILES string of the molecule is CN1CC(Oc2ccc(CCCO)cc2)C1. The number of aliphatic hydroxyl groups is 1. The van der Waals surface area contributed by atoms with Gasteiger partial charge in [-0.05, 0) is 37.6 Å². The first-order valence-corrected chi connectivity index (χ1v) is 5.83. The normalized spacial score (nSPS) is 17.1. The summed E-state index contributed by atoms with van der Waals surface area (Å²) in [6.07, 6.45) is 2.12. The molecule has 0 aliphatic carbocycles. The lowest BCUT2D eigenvalue weighted by atomic mass is 10.1. The van der Waals surface area contributed by atoms with Gasteiger partial charge < -0.3 is 9.84 Å². The van der Waals surface area contributed by atoms with Crippen molar-refractivity contribution >= 4 is 0 Å². The molecule has 0 aromatic heterocycles. The van der Waals surface area contributed by atoms with Crippen LogP contribution in [0.1, 0.15) is 12.0 Å². The molecule has 0 spiro atoms. The highest BCUT2D eigenvalue weighted by molar-refractivity contribution is 5.27. The largest absolute Gasteiger partial charge is 0.488 e. The van der Waals surface area contributed by atoms with Crippen molar-refractivity contribution in [2.24, 2.45) is 0 Å². The van der Waals surface area contributed by atoms with E-state index in [1.165, 1.54) is 5.56 Å². The summed E-state index contributed by atoms with van der Waals surface area (Å²) < 4.78 is 5.79. The van der Waals surface area contributed by atoms with Crippen molar-refractivity contribution in [3.63, 3.8) is 0 Å². The number of rotatable bonds is 5. The van der Waals surface area contributed by atoms with Crippen LogP contribution >= 0.6 is 0 Å². The molecule has 1 aromatic carbocycles. The summed E-state index contributed by atoms with van der Waals surface area (Å²) in [6.45, 7) is 2.30. The molecule has 88 valence electrons. The number of aliphatic hydroxyl groups excluding tert-OH is 1. The first kappa shape index (κ1) is 11.4. The molecule has 1 heterocycles. The van der Waals surface area contributed by atoms with Gasteiger partial charge in [-0.2, -0.15) is 0 Å². The van der Waals surface area contributed by atoms with E-state index in [0.29, 0.717) is 6.10 Å². The molecule has 1 saturated heterocycles. The van der Waals surface area contributed by atoms with Gasteiger partial charge in [-0.1, -0.05) is 12.1 Å². The number of hydrogen-bond donors (Lipinski definition) is 1. The first-order valence-electron chi connectivity index (χ1n) is 5.83. The van der Waals surface area contributed by atoms with Gasteiger partial charge in [0.25, 0.3) is 0 Å². The predicted molar refractivity (Wildman–Crippen MR) is 63.8 cm³/mol. The van der Waals surface area contributed by atoms with Crippen LogP contribution in [-0.2, 0) is 6.42 Å². The van der Waals surface area contributed by atoms with Gasteiger partial charge in [-0.3, -0.25) is 4.90 Å². The number of likely N-dealkylation sites (tertiary alicyclic amines) is 1. The summed E-state index contributed by atoms with van der Waals surface area (Å²) in [5.74, 6) is 0.950. The smallest absolute Gasteiger partial charge is 0.124 e. The van der Waals surface area contributed by atoms with E-state index in [1.54, 1.807) is 0 Å². The third-order valence-electron chi connectivity index (χ3n) is 2.88. The molecular formula is C13H19NO2. The van der Waals surface area contributed by atoms with Gasteiger partial charge in [0.05, 0.1) is 0 Å². The van der Waals surface area contributed by atoms with Gasteiger partial charge in [0.15, 0.2) is 0 Å². The second kappa shape index (κ2) is 5.32. The Kier molecular flexibility index (Phi) is 3.80. The van der Waals surface area contributed by atoms with Crippen LogP contribution in [0.2, 0.25) is 0 Å². The van der Waals surface area contributed by atoms with E-state index >= 15 is 0 Å². The minimum Gasteiger partial charge on any atom is -0.488 e. The summed E-state index contributed by atoms with van der Waals surface area (Å²) >= 11 is 0. The van der Waals surface area contributed by atoms with Gasteiger partial charge in [0.1, 0.15) is 11.9 Å². The minimum absolute atomic E-state index is 0.257. The highest BCUT2D eigenvalue weighted by Gasteiger charge is 2.24. The molecule has 1 aromatic rings. The summed E-state index contributed by atoms with van der Waals surface area (Å²) in [7, 11) is 2.10. The molecule has 0 unspecified atom stereocenters. The maximum Gasteiger partial charge on any atom is 0.124 e. The number of likely N-dealkylation sites (N-methyl/N-ethyl adjacent to an activating group) is 1. The number of nitrogens with zero attached hydrogens (tertiary/aromatic N) is 1. The van der Waals surface area contributed by atoms with E-state index in [4.69, 9.17) is 9.84 Å². The van der Waals surface area contributed by atoms with Crippen LogP contribution in [0, 0.1) is 0 Å². The van der Waals surface area contributed by atoms with Crippen molar-refractivity contribution in [3.05, 3.63) is 29.8 Å². The fourth-order valence-electron chi connectivity index (χ4n) is 1.93. The summed E-state index contributed by atoms with van der Waals surface area (Å²) in [4.78, 5) is 2.24. The van der Waals surface area contributed by atoms with Crippen LogP contribution in [0.4, 0.5) is 0 Å². The van der Waals surface area contributed by atoms with Crippen molar-refractivity contribution in [2.75, 3.05) is 26.7 Å². The third-order valence-corrected chi connectivity index (χ3v) is 2.88. The van der Waals surface area contributed by atoms with Crippen LogP contribution < -0.4 is 4.74 Å². The second-order valence-electron chi connectivity index (χ2n) is 4.43. The number of aryl methyl sites for hydroxylation is 1. The lowest BCUT2D eigenvalue weighted by molar-refractivity contribution is 0.0388. The molecule has 1 aliphatic rings. The van der Waals surface area contributed by atoms with Crippen molar-refractivity contribution in [3.8, 4) is 5.75 Å². The van der Waals surface area contributed by atoms with Crippen LogP contribution in [0.15, 0.2) is 24.3 Å². The molecule has 0 bridgehead atoms. The molecule has 1 fully saturated rings. The lowest BCUT2D eigenvalue weighted by Gasteiger charge is -2.36.